The van der Waals surface area contributed by atoms with Gasteiger partial charge >= 0.3 is 0 Å². The number of unbranched alkanes of at least 4 members (excludes halogenated alkanes) is 22. The van der Waals surface area contributed by atoms with Gasteiger partial charge in [-0.3, -0.25) is 4.79 Å². The Bertz CT molecular complexity index is 548. The van der Waals surface area contributed by atoms with E-state index in [4.69, 9.17) is 5.73 Å². The summed E-state index contributed by atoms with van der Waals surface area (Å²) in [4.78, 5) is 11.7. The van der Waals surface area contributed by atoms with Crippen molar-refractivity contribution >= 4 is 5.91 Å². The maximum Gasteiger partial charge on any atom is 0.217 e. The molecule has 4 N–H and O–H groups in total. The van der Waals surface area contributed by atoms with Crippen LogP contribution in [0.15, 0.2) is 12.2 Å². The van der Waals surface area contributed by atoms with Gasteiger partial charge in [0.1, 0.15) is 0 Å². The second-order valence-corrected chi connectivity index (χ2v) is 12.6. The Morgan fingerprint density at radius 1 is 0.550 bits per heavy atom. The third-order valence-corrected chi connectivity index (χ3v) is 8.68. The normalized spacial score (nSPS) is 13.4. The summed E-state index contributed by atoms with van der Waals surface area (Å²) in [5.41, 5.74) is 5.54. The molecule has 0 heterocycles. The summed E-state index contributed by atoms with van der Waals surface area (Å²) in [5, 5.41) is 20.2. The number of allylic oxidation sites excluding steroid dienone is 2. The first-order valence-electron chi connectivity index (χ1n) is 17.8. The second kappa shape index (κ2) is 31.1. The van der Waals surface area contributed by atoms with Gasteiger partial charge in [-0.1, -0.05) is 161 Å². The van der Waals surface area contributed by atoms with Crippen molar-refractivity contribution in [1.82, 2.24) is 0 Å². The molecule has 0 aromatic carbocycles. The van der Waals surface area contributed by atoms with Crippen molar-refractivity contribution in [2.45, 2.75) is 200 Å². The standard InChI is InChI=1S/C36H71NO3/c1-3-5-7-9-11-13-15-17-19-21-23-25-27-29-31-34(36(39)40)33(32-35(37)38)30-28-26-24-22-20-18-16-14-12-10-8-6-4-2/h18,20,33-34,36,39-40H,3-17,19,21-32H2,1-2H3,(H2,37,38)/b20-18-. The van der Waals surface area contributed by atoms with E-state index in [9.17, 15) is 15.0 Å². The minimum absolute atomic E-state index is 0.0253. The molecule has 2 atom stereocenters. The average molecular weight is 566 g/mol. The first kappa shape index (κ1) is 39.1. The number of carbonyl (C=O) groups is 1. The lowest BCUT2D eigenvalue weighted by molar-refractivity contribution is -0.125. The molecule has 2 unspecified atom stereocenters. The number of nitrogens with two attached hydrogens (primary N) is 1. The van der Waals surface area contributed by atoms with Crippen LogP contribution in [0.2, 0.25) is 0 Å². The van der Waals surface area contributed by atoms with Gasteiger partial charge in [0.15, 0.2) is 6.29 Å². The van der Waals surface area contributed by atoms with Crippen LogP contribution in [0.1, 0.15) is 194 Å². The van der Waals surface area contributed by atoms with Crippen LogP contribution in [0.25, 0.3) is 0 Å². The predicted octanol–water partition coefficient (Wildman–Crippen LogP) is 10.5. The third kappa shape index (κ3) is 27.3. The van der Waals surface area contributed by atoms with Crippen molar-refractivity contribution in [2.75, 3.05) is 0 Å². The summed E-state index contributed by atoms with van der Waals surface area (Å²) in [5.74, 6) is -0.598. The van der Waals surface area contributed by atoms with Crippen LogP contribution in [-0.4, -0.2) is 22.4 Å². The van der Waals surface area contributed by atoms with Gasteiger partial charge in [-0.2, -0.15) is 0 Å². The molecule has 0 saturated carbocycles. The van der Waals surface area contributed by atoms with Crippen LogP contribution in [0.3, 0.4) is 0 Å². The molecule has 0 saturated heterocycles. The molecule has 0 radical (unpaired) electrons. The Balaban J connectivity index is 3.98. The van der Waals surface area contributed by atoms with Gasteiger partial charge in [0, 0.05) is 12.3 Å². The van der Waals surface area contributed by atoms with Crippen LogP contribution in [0.5, 0.6) is 0 Å². The number of aliphatic hydroxyl groups excluding tert-OH is 1. The van der Waals surface area contributed by atoms with E-state index in [0.717, 1.165) is 51.4 Å². The van der Waals surface area contributed by atoms with Gasteiger partial charge < -0.3 is 15.9 Å². The van der Waals surface area contributed by atoms with Gasteiger partial charge in [0.25, 0.3) is 0 Å². The van der Waals surface area contributed by atoms with Crippen LogP contribution in [0, 0.1) is 11.8 Å². The molecule has 1 amide bonds. The van der Waals surface area contributed by atoms with Crippen molar-refractivity contribution in [3.8, 4) is 0 Å². The Morgan fingerprint density at radius 2 is 0.900 bits per heavy atom. The zero-order valence-corrected chi connectivity index (χ0v) is 27.1. The smallest absolute Gasteiger partial charge is 0.217 e. The Kier molecular flexibility index (Phi) is 30.4. The van der Waals surface area contributed by atoms with Crippen molar-refractivity contribution in [3.05, 3.63) is 12.2 Å². The first-order valence-corrected chi connectivity index (χ1v) is 17.8. The lowest BCUT2D eigenvalue weighted by Gasteiger charge is -2.28. The topological polar surface area (TPSA) is 83.6 Å². The van der Waals surface area contributed by atoms with Gasteiger partial charge in [0.2, 0.25) is 5.91 Å². The van der Waals surface area contributed by atoms with E-state index < -0.39 is 6.29 Å². The van der Waals surface area contributed by atoms with Gasteiger partial charge in [0.05, 0.1) is 0 Å². The number of hydrogen-bond donors (Lipinski definition) is 3. The van der Waals surface area contributed by atoms with E-state index >= 15 is 0 Å². The number of primary amides is 1. The van der Waals surface area contributed by atoms with Crippen LogP contribution >= 0.6 is 0 Å². The Hall–Kier alpha value is -0.870. The fourth-order valence-corrected chi connectivity index (χ4v) is 6.05. The predicted molar refractivity (Wildman–Crippen MR) is 174 cm³/mol. The molecule has 40 heavy (non-hydrogen) atoms. The molecule has 0 aliphatic carbocycles. The quantitative estimate of drug-likeness (QED) is 0.0431. The maximum atomic E-state index is 11.7. The van der Waals surface area contributed by atoms with Gasteiger partial charge in [-0.15, -0.1) is 0 Å². The van der Waals surface area contributed by atoms with Crippen molar-refractivity contribution in [2.24, 2.45) is 17.6 Å². The zero-order valence-electron chi connectivity index (χ0n) is 27.1. The van der Waals surface area contributed by atoms with Crippen molar-refractivity contribution in [3.63, 3.8) is 0 Å². The molecule has 4 nitrogen and oxygen atoms in total. The highest BCUT2D eigenvalue weighted by molar-refractivity contribution is 5.74. The highest BCUT2D eigenvalue weighted by Crippen LogP contribution is 2.30. The molecule has 0 aliphatic heterocycles. The molecule has 0 aromatic heterocycles. The van der Waals surface area contributed by atoms with E-state index in [2.05, 4.69) is 26.0 Å². The Morgan fingerprint density at radius 3 is 1.30 bits per heavy atom. The van der Waals surface area contributed by atoms with Crippen LogP contribution < -0.4 is 5.73 Å². The molecular formula is C36H71NO3. The maximum absolute atomic E-state index is 11.7. The largest absolute Gasteiger partial charge is 0.370 e. The van der Waals surface area contributed by atoms with Crippen molar-refractivity contribution < 1.29 is 15.0 Å². The second-order valence-electron chi connectivity index (χ2n) is 12.6. The number of aliphatic hydroxyl groups is 2. The lowest BCUT2D eigenvalue weighted by Crippen LogP contribution is -2.31. The molecular weight excluding hydrogens is 494 g/mol. The lowest BCUT2D eigenvalue weighted by atomic mass is 9.81. The molecule has 4 heteroatoms. The molecule has 238 valence electrons. The fraction of sp³-hybridized carbons (Fsp3) is 0.917. The third-order valence-electron chi connectivity index (χ3n) is 8.68. The number of carbonyl (C=O) groups excluding carboxylic acids is 1. The van der Waals surface area contributed by atoms with Crippen molar-refractivity contribution in [1.29, 1.82) is 0 Å². The minimum Gasteiger partial charge on any atom is -0.370 e. The van der Waals surface area contributed by atoms with E-state index in [-0.39, 0.29) is 24.2 Å². The molecule has 0 spiro atoms. The van der Waals surface area contributed by atoms with Crippen LogP contribution in [0.4, 0.5) is 0 Å². The van der Waals surface area contributed by atoms with Crippen LogP contribution in [-0.2, 0) is 4.79 Å². The SMILES string of the molecule is CCCCCCCC/C=C\CCCCCC(CC(N)=O)C(CCCCCCCCCCCCCCCC)C(O)O. The highest BCUT2D eigenvalue weighted by Gasteiger charge is 2.27. The molecule has 0 fully saturated rings. The summed E-state index contributed by atoms with van der Waals surface area (Å²) in [6, 6.07) is 0. The monoisotopic (exact) mass is 566 g/mol. The summed E-state index contributed by atoms with van der Waals surface area (Å²) in [6.45, 7) is 4.53. The first-order chi connectivity index (χ1) is 19.5. The van der Waals surface area contributed by atoms with Gasteiger partial charge in [-0.25, -0.2) is 0 Å². The molecule has 0 aromatic rings. The average Bonchev–Trinajstić information content (AvgIpc) is 2.92. The number of rotatable bonds is 32. The number of amides is 1. The zero-order chi connectivity index (χ0) is 29.5. The fourth-order valence-electron chi connectivity index (χ4n) is 6.05. The summed E-state index contributed by atoms with van der Waals surface area (Å²) < 4.78 is 0. The summed E-state index contributed by atoms with van der Waals surface area (Å²) >= 11 is 0. The van der Waals surface area contributed by atoms with E-state index in [1.54, 1.807) is 0 Å². The van der Waals surface area contributed by atoms with E-state index in [1.807, 2.05) is 0 Å². The number of hydrogen-bond acceptors (Lipinski definition) is 3. The van der Waals surface area contributed by atoms with E-state index in [1.165, 1.54) is 122 Å². The highest BCUT2D eigenvalue weighted by atomic mass is 16.5. The molecule has 0 bridgehead atoms. The van der Waals surface area contributed by atoms with E-state index in [0.29, 0.717) is 0 Å². The minimum atomic E-state index is -1.36. The van der Waals surface area contributed by atoms with Gasteiger partial charge in [-0.05, 0) is 44.4 Å². The summed E-state index contributed by atoms with van der Waals surface area (Å²) in [7, 11) is 0. The summed E-state index contributed by atoms with van der Waals surface area (Å²) in [6.07, 6.45) is 37.3. The molecule has 0 aliphatic rings. The molecule has 0 rings (SSSR count). The Labute approximate surface area is 250 Å².